The second-order valence-electron chi connectivity index (χ2n) is 4.79. The maximum atomic E-state index is 6.28. The highest BCUT2D eigenvalue weighted by atomic mass is 79.9. The first kappa shape index (κ1) is 14.4. The molecule has 0 saturated carbocycles. The van der Waals surface area contributed by atoms with Gasteiger partial charge < -0.3 is 4.74 Å². The lowest BCUT2D eigenvalue weighted by Crippen LogP contribution is -1.98. The summed E-state index contributed by atoms with van der Waals surface area (Å²) in [5, 5.41) is 1.56. The van der Waals surface area contributed by atoms with E-state index in [0.717, 1.165) is 32.4 Å². The Balaban J connectivity index is 2.03. The van der Waals surface area contributed by atoms with E-state index in [1.807, 2.05) is 55.5 Å². The molecule has 21 heavy (non-hydrogen) atoms. The minimum absolute atomic E-state index is 0.492. The van der Waals surface area contributed by atoms with E-state index in [2.05, 4.69) is 20.9 Å². The monoisotopic (exact) mass is 361 g/mol. The number of ether oxygens (including phenoxy) is 1. The average Bonchev–Trinajstić information content (AvgIpc) is 2.47. The maximum absolute atomic E-state index is 6.28. The van der Waals surface area contributed by atoms with Gasteiger partial charge in [-0.3, -0.25) is 0 Å². The third kappa shape index (κ3) is 3.04. The largest absolute Gasteiger partial charge is 0.485 e. The van der Waals surface area contributed by atoms with Gasteiger partial charge in [0, 0.05) is 11.1 Å². The van der Waals surface area contributed by atoms with Crippen LogP contribution in [0.2, 0.25) is 5.02 Å². The van der Waals surface area contributed by atoms with Crippen LogP contribution in [0.4, 0.5) is 0 Å². The SMILES string of the molecule is Cc1ccc2c(Cl)cc(Br)c(OCc3ccccc3)c2n1. The van der Waals surface area contributed by atoms with E-state index < -0.39 is 0 Å². The number of aromatic nitrogens is 1. The highest BCUT2D eigenvalue weighted by Crippen LogP contribution is 2.37. The molecule has 0 unspecified atom stereocenters. The second kappa shape index (κ2) is 6.04. The van der Waals surface area contributed by atoms with Crippen molar-refractivity contribution >= 4 is 38.4 Å². The Morgan fingerprint density at radius 3 is 2.67 bits per heavy atom. The first-order valence-corrected chi connectivity index (χ1v) is 7.74. The molecule has 0 aliphatic rings. The molecule has 0 fully saturated rings. The molecule has 3 aromatic rings. The summed E-state index contributed by atoms with van der Waals surface area (Å²) in [7, 11) is 0. The number of hydrogen-bond acceptors (Lipinski definition) is 2. The van der Waals surface area contributed by atoms with Gasteiger partial charge in [-0.2, -0.15) is 0 Å². The third-order valence-electron chi connectivity index (χ3n) is 3.20. The third-order valence-corrected chi connectivity index (χ3v) is 4.10. The standard InChI is InChI=1S/C17H13BrClNO/c1-11-7-8-13-15(19)9-14(18)17(16(13)20-11)21-10-12-5-3-2-4-6-12/h2-9H,10H2,1H3. The van der Waals surface area contributed by atoms with E-state index >= 15 is 0 Å². The van der Waals surface area contributed by atoms with Crippen LogP contribution in [0, 0.1) is 6.92 Å². The summed E-state index contributed by atoms with van der Waals surface area (Å²) in [5.74, 6) is 0.724. The number of fused-ring (bicyclic) bond motifs is 1. The summed E-state index contributed by atoms with van der Waals surface area (Å²) in [5.41, 5.74) is 2.83. The lowest BCUT2D eigenvalue weighted by Gasteiger charge is -2.12. The predicted molar refractivity (Wildman–Crippen MR) is 90.0 cm³/mol. The maximum Gasteiger partial charge on any atom is 0.160 e. The van der Waals surface area contributed by atoms with Crippen LogP contribution in [0.3, 0.4) is 0 Å². The molecule has 0 saturated heterocycles. The number of nitrogens with zero attached hydrogens (tertiary/aromatic N) is 1. The number of halogens is 2. The molecule has 1 heterocycles. The van der Waals surface area contributed by atoms with E-state index in [1.165, 1.54) is 0 Å². The Morgan fingerprint density at radius 1 is 1.14 bits per heavy atom. The molecule has 2 aromatic carbocycles. The summed E-state index contributed by atoms with van der Waals surface area (Å²) in [4.78, 5) is 4.57. The number of aryl methyl sites for hydroxylation is 1. The van der Waals surface area contributed by atoms with Crippen LogP contribution >= 0.6 is 27.5 Å². The smallest absolute Gasteiger partial charge is 0.160 e. The lowest BCUT2D eigenvalue weighted by atomic mass is 10.2. The van der Waals surface area contributed by atoms with Gasteiger partial charge in [-0.1, -0.05) is 41.9 Å². The van der Waals surface area contributed by atoms with Crippen LogP contribution < -0.4 is 4.74 Å². The summed E-state index contributed by atoms with van der Waals surface area (Å²) in [6.07, 6.45) is 0. The van der Waals surface area contributed by atoms with Crippen molar-refractivity contribution < 1.29 is 4.74 Å². The molecular formula is C17H13BrClNO. The van der Waals surface area contributed by atoms with Gasteiger partial charge in [0.05, 0.1) is 9.50 Å². The molecule has 3 rings (SSSR count). The normalized spacial score (nSPS) is 10.8. The summed E-state index contributed by atoms with van der Waals surface area (Å²) in [6, 6.07) is 15.8. The highest BCUT2D eigenvalue weighted by molar-refractivity contribution is 9.10. The Hall–Kier alpha value is -1.58. The van der Waals surface area contributed by atoms with Crippen molar-refractivity contribution in [3.63, 3.8) is 0 Å². The van der Waals surface area contributed by atoms with E-state index in [-0.39, 0.29) is 0 Å². The van der Waals surface area contributed by atoms with E-state index in [4.69, 9.17) is 16.3 Å². The fourth-order valence-corrected chi connectivity index (χ4v) is 3.08. The molecule has 4 heteroatoms. The van der Waals surface area contributed by atoms with Gasteiger partial charge in [0.1, 0.15) is 12.1 Å². The zero-order valence-electron chi connectivity index (χ0n) is 11.4. The first-order chi connectivity index (χ1) is 10.1. The molecule has 0 amide bonds. The van der Waals surface area contributed by atoms with Gasteiger partial charge in [0.15, 0.2) is 5.75 Å². The van der Waals surface area contributed by atoms with Crippen molar-refractivity contribution in [2.75, 3.05) is 0 Å². The van der Waals surface area contributed by atoms with Gasteiger partial charge in [-0.15, -0.1) is 0 Å². The minimum Gasteiger partial charge on any atom is -0.485 e. The van der Waals surface area contributed by atoms with Crippen molar-refractivity contribution in [1.29, 1.82) is 0 Å². The molecule has 0 atom stereocenters. The fourth-order valence-electron chi connectivity index (χ4n) is 2.16. The van der Waals surface area contributed by atoms with E-state index in [0.29, 0.717) is 11.6 Å². The number of pyridine rings is 1. The fraction of sp³-hybridized carbons (Fsp3) is 0.118. The second-order valence-corrected chi connectivity index (χ2v) is 6.05. The van der Waals surface area contributed by atoms with Crippen LogP contribution in [0.25, 0.3) is 10.9 Å². The molecule has 1 aromatic heterocycles. The zero-order valence-corrected chi connectivity index (χ0v) is 13.8. The molecule has 106 valence electrons. The summed E-state index contributed by atoms with van der Waals surface area (Å²) < 4.78 is 6.79. The molecule has 0 radical (unpaired) electrons. The molecule has 0 aliphatic carbocycles. The predicted octanol–water partition coefficient (Wildman–Crippen LogP) is 5.54. The van der Waals surface area contributed by atoms with E-state index in [9.17, 15) is 0 Å². The average molecular weight is 363 g/mol. The molecule has 0 N–H and O–H groups in total. The van der Waals surface area contributed by atoms with Gasteiger partial charge in [-0.25, -0.2) is 4.98 Å². The van der Waals surface area contributed by atoms with E-state index in [1.54, 1.807) is 0 Å². The quantitative estimate of drug-likeness (QED) is 0.610. The van der Waals surface area contributed by atoms with Crippen molar-refractivity contribution in [1.82, 2.24) is 4.98 Å². The molecule has 0 aliphatic heterocycles. The Morgan fingerprint density at radius 2 is 1.90 bits per heavy atom. The van der Waals surface area contributed by atoms with Crippen molar-refractivity contribution in [2.24, 2.45) is 0 Å². The summed E-state index contributed by atoms with van der Waals surface area (Å²) in [6.45, 7) is 2.45. The number of hydrogen-bond donors (Lipinski definition) is 0. The Kier molecular flexibility index (Phi) is 4.13. The van der Waals surface area contributed by atoms with Crippen LogP contribution in [0.15, 0.2) is 53.0 Å². The zero-order chi connectivity index (χ0) is 14.8. The van der Waals surface area contributed by atoms with Crippen molar-refractivity contribution in [3.8, 4) is 5.75 Å². The highest BCUT2D eigenvalue weighted by Gasteiger charge is 2.13. The van der Waals surface area contributed by atoms with Gasteiger partial charge in [0.25, 0.3) is 0 Å². The van der Waals surface area contributed by atoms with Crippen LogP contribution in [-0.4, -0.2) is 4.98 Å². The van der Waals surface area contributed by atoms with Crippen LogP contribution in [-0.2, 0) is 6.61 Å². The van der Waals surface area contributed by atoms with Crippen LogP contribution in [0.1, 0.15) is 11.3 Å². The molecule has 0 spiro atoms. The summed E-state index contributed by atoms with van der Waals surface area (Å²) >= 11 is 9.80. The molecule has 0 bridgehead atoms. The lowest BCUT2D eigenvalue weighted by molar-refractivity contribution is 0.307. The van der Waals surface area contributed by atoms with Gasteiger partial charge in [0.2, 0.25) is 0 Å². The topological polar surface area (TPSA) is 22.1 Å². The Bertz CT molecular complexity index is 790. The Labute approximate surface area is 136 Å². The first-order valence-electron chi connectivity index (χ1n) is 6.57. The number of rotatable bonds is 3. The van der Waals surface area contributed by atoms with Crippen molar-refractivity contribution in [3.05, 3.63) is 69.3 Å². The minimum atomic E-state index is 0.492. The van der Waals surface area contributed by atoms with Gasteiger partial charge in [-0.05, 0) is 46.6 Å². The molecular weight excluding hydrogens is 350 g/mol. The van der Waals surface area contributed by atoms with Crippen molar-refractivity contribution in [2.45, 2.75) is 13.5 Å². The number of benzene rings is 2. The molecule has 2 nitrogen and oxygen atoms in total. The van der Waals surface area contributed by atoms with Crippen LogP contribution in [0.5, 0.6) is 5.75 Å². The van der Waals surface area contributed by atoms with Gasteiger partial charge >= 0.3 is 0 Å².